The Morgan fingerprint density at radius 2 is 1.63 bits per heavy atom. The first-order valence-electron chi connectivity index (χ1n) is 19.3. The first kappa shape index (κ1) is 41.7. The lowest BCUT2D eigenvalue weighted by Gasteiger charge is -2.44. The highest BCUT2D eigenvalue weighted by atomic mass is 16.6. The number of aliphatic hydroxyl groups is 2. The number of hydrogen-bond donors (Lipinski definition) is 3. The van der Waals surface area contributed by atoms with Gasteiger partial charge in [0.05, 0.1) is 52.9 Å². The molecule has 0 aliphatic heterocycles. The second-order valence-electron chi connectivity index (χ2n) is 15.2. The van der Waals surface area contributed by atoms with Gasteiger partial charge in [-0.3, -0.25) is 0 Å². The first-order valence-corrected chi connectivity index (χ1v) is 19.3. The molecular weight excluding hydrogens is 622 g/mol. The van der Waals surface area contributed by atoms with Crippen LogP contribution in [0, 0.1) is 29.1 Å². The van der Waals surface area contributed by atoms with Crippen LogP contribution < -0.4 is 5.32 Å². The molecule has 9 nitrogen and oxygen atoms in total. The maximum atomic E-state index is 12.5. The van der Waals surface area contributed by atoms with Crippen LogP contribution in [-0.2, 0) is 23.7 Å². The summed E-state index contributed by atoms with van der Waals surface area (Å²) in [5.41, 5.74) is 4.46. The van der Waals surface area contributed by atoms with Crippen LogP contribution in [0.2, 0.25) is 0 Å². The number of ether oxygens (including phenoxy) is 5. The molecule has 0 bridgehead atoms. The van der Waals surface area contributed by atoms with Crippen molar-refractivity contribution in [2.45, 2.75) is 117 Å². The number of carbonyl (C=O) groups is 1. The second kappa shape index (κ2) is 22.9. The van der Waals surface area contributed by atoms with Gasteiger partial charge in [0.1, 0.15) is 12.2 Å². The van der Waals surface area contributed by atoms with Crippen LogP contribution in [0.4, 0.5) is 4.79 Å². The number of hydrogen-bond acceptors (Lipinski definition) is 8. The Kier molecular flexibility index (Phi) is 19.5. The van der Waals surface area contributed by atoms with Crippen molar-refractivity contribution in [2.75, 3.05) is 66.0 Å². The minimum atomic E-state index is -0.850. The van der Waals surface area contributed by atoms with Crippen LogP contribution in [0.5, 0.6) is 0 Å². The molecule has 2 unspecified atom stereocenters. The summed E-state index contributed by atoms with van der Waals surface area (Å²) in [6, 6.07) is 0. The lowest BCUT2D eigenvalue weighted by atomic mass is 9.60. The van der Waals surface area contributed by atoms with Crippen molar-refractivity contribution in [1.82, 2.24) is 5.32 Å². The number of carbonyl (C=O) groups excluding carboxylic acids is 1. The van der Waals surface area contributed by atoms with E-state index in [2.05, 4.69) is 51.7 Å². The number of allylic oxidation sites excluding steroid dienone is 4. The number of alkyl carbamates (subject to hydrolysis) is 1. The summed E-state index contributed by atoms with van der Waals surface area (Å²) in [5.74, 6) is 3.13. The van der Waals surface area contributed by atoms with E-state index in [9.17, 15) is 9.90 Å². The molecule has 0 heterocycles. The molecule has 3 saturated carbocycles. The molecule has 0 saturated heterocycles. The fraction of sp³-hybridized carbons (Fsp3) is 0.825. The highest BCUT2D eigenvalue weighted by Gasteiger charge is 2.50. The van der Waals surface area contributed by atoms with E-state index in [1.165, 1.54) is 62.5 Å². The Morgan fingerprint density at radius 1 is 0.939 bits per heavy atom. The topological polar surface area (TPSA) is 116 Å². The molecule has 3 aliphatic carbocycles. The fourth-order valence-corrected chi connectivity index (χ4v) is 8.23. The van der Waals surface area contributed by atoms with Gasteiger partial charge in [0.25, 0.3) is 0 Å². The van der Waals surface area contributed by atoms with Gasteiger partial charge in [0.15, 0.2) is 0 Å². The van der Waals surface area contributed by atoms with Gasteiger partial charge in [0.2, 0.25) is 0 Å². The molecule has 3 rings (SSSR count). The van der Waals surface area contributed by atoms with Crippen molar-refractivity contribution >= 4 is 6.09 Å². The highest BCUT2D eigenvalue weighted by molar-refractivity contribution is 5.67. The third-order valence-electron chi connectivity index (χ3n) is 11.0. The van der Waals surface area contributed by atoms with Gasteiger partial charge in [-0.15, -0.1) is 0 Å². The third-order valence-corrected chi connectivity index (χ3v) is 11.0. The molecule has 1 amide bonds. The number of aliphatic hydroxyl groups excluding tert-OH is 2. The zero-order chi connectivity index (χ0) is 35.5. The average Bonchev–Trinajstić information content (AvgIpc) is 3.44. The van der Waals surface area contributed by atoms with E-state index in [1.807, 2.05) is 0 Å². The molecule has 49 heavy (non-hydrogen) atoms. The number of nitrogens with one attached hydrogen (secondary N) is 1. The molecule has 3 N–H and O–H groups in total. The SMILES string of the molecule is C=C1CC[C@H](OC(=O)NCCCOCCOCCOCCOCC(O)CO)C/C1=C/C=C1\CCC[C@@]2(C)C1CC[C@@H]2[C@H](C)CCCC(C)C. The van der Waals surface area contributed by atoms with Crippen LogP contribution in [0.25, 0.3) is 0 Å². The van der Waals surface area contributed by atoms with E-state index in [4.69, 9.17) is 28.8 Å². The van der Waals surface area contributed by atoms with E-state index in [0.717, 1.165) is 37.0 Å². The van der Waals surface area contributed by atoms with E-state index < -0.39 is 6.10 Å². The molecule has 0 aromatic rings. The summed E-state index contributed by atoms with van der Waals surface area (Å²) < 4.78 is 27.4. The Bertz CT molecular complexity index is 1030. The number of amides is 1. The minimum absolute atomic E-state index is 0.0947. The van der Waals surface area contributed by atoms with Gasteiger partial charge >= 0.3 is 6.09 Å². The smallest absolute Gasteiger partial charge is 0.407 e. The van der Waals surface area contributed by atoms with Crippen molar-refractivity contribution in [1.29, 1.82) is 0 Å². The van der Waals surface area contributed by atoms with Crippen LogP contribution in [0.15, 0.2) is 35.5 Å². The van der Waals surface area contributed by atoms with Crippen LogP contribution in [-0.4, -0.2) is 94.5 Å². The summed E-state index contributed by atoms with van der Waals surface area (Å²) in [6.45, 7) is 17.5. The summed E-state index contributed by atoms with van der Waals surface area (Å²) in [7, 11) is 0. The molecular formula is C40H69NO8. The quantitative estimate of drug-likeness (QED) is 0.0968. The molecule has 0 aromatic carbocycles. The zero-order valence-corrected chi connectivity index (χ0v) is 31.2. The maximum Gasteiger partial charge on any atom is 0.407 e. The van der Waals surface area contributed by atoms with Gasteiger partial charge in [-0.2, -0.15) is 0 Å². The maximum absolute atomic E-state index is 12.5. The normalized spacial score (nSPS) is 27.1. The molecule has 3 fully saturated rings. The van der Waals surface area contributed by atoms with E-state index >= 15 is 0 Å². The molecule has 6 atom stereocenters. The molecule has 0 radical (unpaired) electrons. The fourth-order valence-electron chi connectivity index (χ4n) is 8.23. The van der Waals surface area contributed by atoms with Gasteiger partial charge in [-0.05, 0) is 86.0 Å². The summed E-state index contributed by atoms with van der Waals surface area (Å²) in [4.78, 5) is 12.5. The Labute approximate surface area is 297 Å². The lowest BCUT2D eigenvalue weighted by Crippen LogP contribution is -2.36. The lowest BCUT2D eigenvalue weighted by molar-refractivity contribution is -0.0267. The number of rotatable bonds is 23. The molecule has 282 valence electrons. The van der Waals surface area contributed by atoms with Crippen LogP contribution in [0.3, 0.4) is 0 Å². The van der Waals surface area contributed by atoms with Gasteiger partial charge in [-0.1, -0.05) is 76.8 Å². The van der Waals surface area contributed by atoms with Crippen LogP contribution in [0.1, 0.15) is 105 Å². The zero-order valence-electron chi connectivity index (χ0n) is 31.2. The standard InChI is InChI=1S/C40H69NO8/c1-30(2)9-6-10-32(4)37-16-17-38-33(11-7-18-40(37,38)5)13-14-34-27-36(15-12-31(34)3)49-39(44)41-19-8-20-45-21-22-46-23-24-47-25-26-48-29-35(43)28-42/h13-14,30,32,35-38,42-43H,3,6-12,15-29H2,1-2,4-5H3,(H,41,44)/b33-13+,34-14-/t32-,35?,36+,37-,38?,40-/m1/s1. The third kappa shape index (κ3) is 14.8. The van der Waals surface area contributed by atoms with Crippen molar-refractivity contribution < 1.29 is 38.7 Å². The first-order chi connectivity index (χ1) is 23.6. The van der Waals surface area contributed by atoms with Gasteiger partial charge < -0.3 is 39.2 Å². The Morgan fingerprint density at radius 3 is 2.33 bits per heavy atom. The highest BCUT2D eigenvalue weighted by Crippen LogP contribution is 2.60. The molecule has 0 spiro atoms. The minimum Gasteiger partial charge on any atom is -0.446 e. The van der Waals surface area contributed by atoms with Crippen molar-refractivity contribution in [3.05, 3.63) is 35.5 Å². The van der Waals surface area contributed by atoms with Gasteiger partial charge in [0, 0.05) is 19.6 Å². The van der Waals surface area contributed by atoms with E-state index in [-0.39, 0.29) is 25.4 Å². The summed E-state index contributed by atoms with van der Waals surface area (Å²) >= 11 is 0. The second-order valence-corrected chi connectivity index (χ2v) is 15.2. The van der Waals surface area contributed by atoms with E-state index in [1.54, 1.807) is 5.57 Å². The predicted octanol–water partition coefficient (Wildman–Crippen LogP) is 7.16. The monoisotopic (exact) mass is 692 g/mol. The Balaban J connectivity index is 1.29. The Hall–Kier alpha value is -1.75. The average molecular weight is 692 g/mol. The van der Waals surface area contributed by atoms with Crippen molar-refractivity contribution in [3.8, 4) is 0 Å². The molecule has 9 heteroatoms. The molecule has 0 aromatic heterocycles. The summed E-state index contributed by atoms with van der Waals surface area (Å²) in [6.07, 6.45) is 17.1. The predicted molar refractivity (Wildman–Crippen MR) is 194 cm³/mol. The number of fused-ring (bicyclic) bond motifs is 1. The van der Waals surface area contributed by atoms with E-state index in [0.29, 0.717) is 70.5 Å². The van der Waals surface area contributed by atoms with Gasteiger partial charge in [-0.25, -0.2) is 4.79 Å². The molecule has 3 aliphatic rings. The van der Waals surface area contributed by atoms with Crippen molar-refractivity contribution in [3.63, 3.8) is 0 Å². The van der Waals surface area contributed by atoms with Crippen molar-refractivity contribution in [2.24, 2.45) is 29.1 Å². The largest absolute Gasteiger partial charge is 0.446 e. The van der Waals surface area contributed by atoms with Crippen LogP contribution >= 0.6 is 0 Å². The summed E-state index contributed by atoms with van der Waals surface area (Å²) in [5, 5.41) is 20.8.